The highest BCUT2D eigenvalue weighted by Crippen LogP contribution is 2.27. The molecule has 0 saturated carbocycles. The summed E-state index contributed by atoms with van der Waals surface area (Å²) in [7, 11) is 1.66. The van der Waals surface area contributed by atoms with Crippen molar-refractivity contribution in [3.05, 3.63) is 29.3 Å². The first kappa shape index (κ1) is 22.4. The van der Waals surface area contributed by atoms with E-state index < -0.39 is 5.41 Å². The van der Waals surface area contributed by atoms with Gasteiger partial charge in [-0.15, -0.1) is 12.4 Å². The third-order valence-electron chi connectivity index (χ3n) is 4.67. The molecule has 136 valence electrons. The van der Waals surface area contributed by atoms with Gasteiger partial charge in [-0.1, -0.05) is 32.0 Å². The van der Waals surface area contributed by atoms with Crippen LogP contribution in [0, 0.1) is 19.3 Å². The minimum absolute atomic E-state index is 0. The van der Waals surface area contributed by atoms with E-state index in [0.717, 1.165) is 16.8 Å². The predicted molar refractivity (Wildman–Crippen MR) is 102 cm³/mol. The van der Waals surface area contributed by atoms with Crippen LogP contribution in [0.5, 0.6) is 0 Å². The van der Waals surface area contributed by atoms with Crippen LogP contribution in [0.2, 0.25) is 0 Å². The zero-order chi connectivity index (χ0) is 17.6. The van der Waals surface area contributed by atoms with E-state index in [1.807, 2.05) is 45.9 Å². The van der Waals surface area contributed by atoms with Gasteiger partial charge < -0.3 is 16.0 Å². The maximum Gasteiger partial charge on any atom is 0.243 e. The lowest BCUT2D eigenvalue weighted by atomic mass is 9.81. The van der Waals surface area contributed by atoms with Crippen LogP contribution < -0.4 is 11.1 Å². The summed E-state index contributed by atoms with van der Waals surface area (Å²) in [4.78, 5) is 26.4. The molecule has 0 aliphatic rings. The molecule has 0 heterocycles. The van der Waals surface area contributed by atoms with E-state index in [4.69, 9.17) is 5.73 Å². The lowest BCUT2D eigenvalue weighted by molar-refractivity contribution is -0.142. The number of nitrogens with one attached hydrogen (secondary N) is 1. The molecule has 5 nitrogen and oxygen atoms in total. The van der Waals surface area contributed by atoms with Crippen molar-refractivity contribution in [1.82, 2.24) is 4.90 Å². The number of aryl methyl sites for hydroxylation is 2. The van der Waals surface area contributed by atoms with Gasteiger partial charge in [0, 0.05) is 19.3 Å². The number of benzene rings is 1. The first-order valence-electron chi connectivity index (χ1n) is 8.13. The number of rotatable bonds is 7. The summed E-state index contributed by atoms with van der Waals surface area (Å²) in [6.45, 7) is 8.13. The first-order chi connectivity index (χ1) is 10.8. The molecular weight excluding hydrogens is 326 g/mol. The number of nitrogens with two attached hydrogens (primary N) is 1. The highest BCUT2D eigenvalue weighted by Gasteiger charge is 2.36. The quantitative estimate of drug-likeness (QED) is 0.789. The molecule has 0 aromatic heterocycles. The normalized spacial score (nSPS) is 10.8. The van der Waals surface area contributed by atoms with Crippen molar-refractivity contribution in [2.75, 3.05) is 25.5 Å². The lowest BCUT2D eigenvalue weighted by Gasteiger charge is -2.33. The molecule has 0 unspecified atom stereocenters. The number of anilines is 1. The van der Waals surface area contributed by atoms with E-state index in [-0.39, 0.29) is 30.8 Å². The Morgan fingerprint density at radius 3 is 2.08 bits per heavy atom. The Labute approximate surface area is 151 Å². The number of likely N-dealkylation sites (N-methyl/N-ethyl adjacent to an activating group) is 1. The van der Waals surface area contributed by atoms with Gasteiger partial charge in [-0.3, -0.25) is 9.59 Å². The summed E-state index contributed by atoms with van der Waals surface area (Å²) in [5.41, 5.74) is 8.06. The van der Waals surface area contributed by atoms with Gasteiger partial charge in [0.2, 0.25) is 11.8 Å². The second-order valence-electron chi connectivity index (χ2n) is 6.17. The van der Waals surface area contributed by atoms with E-state index in [0.29, 0.717) is 19.4 Å². The number of hydrogen-bond acceptors (Lipinski definition) is 3. The Balaban J connectivity index is 0.00000529. The van der Waals surface area contributed by atoms with Gasteiger partial charge in [-0.05, 0) is 37.8 Å². The summed E-state index contributed by atoms with van der Waals surface area (Å²) >= 11 is 0. The van der Waals surface area contributed by atoms with Crippen molar-refractivity contribution in [2.24, 2.45) is 11.1 Å². The molecule has 0 fully saturated rings. The standard InChI is InChI=1S/C18H29N3O2.ClH/c1-6-18(7-2,12-19)17(23)21(5)11-15(22)20-16-13(3)9-8-10-14(16)4;/h8-10H,6-7,11-12,19H2,1-5H3,(H,20,22);1H. The van der Waals surface area contributed by atoms with Gasteiger partial charge in [-0.2, -0.15) is 0 Å². The van der Waals surface area contributed by atoms with Gasteiger partial charge in [0.15, 0.2) is 0 Å². The van der Waals surface area contributed by atoms with Crippen LogP contribution in [-0.4, -0.2) is 36.9 Å². The molecule has 1 rings (SSSR count). The fourth-order valence-electron chi connectivity index (χ4n) is 2.81. The Kier molecular flexibility index (Phi) is 9.01. The van der Waals surface area contributed by atoms with Crippen LogP contribution in [0.1, 0.15) is 37.8 Å². The van der Waals surface area contributed by atoms with Gasteiger partial charge in [-0.25, -0.2) is 0 Å². The molecule has 2 amide bonds. The Morgan fingerprint density at radius 1 is 1.17 bits per heavy atom. The molecular formula is C18H30ClN3O2. The van der Waals surface area contributed by atoms with Crippen molar-refractivity contribution in [3.63, 3.8) is 0 Å². The van der Waals surface area contributed by atoms with Crippen molar-refractivity contribution in [3.8, 4) is 0 Å². The zero-order valence-electron chi connectivity index (χ0n) is 15.3. The van der Waals surface area contributed by atoms with Crippen molar-refractivity contribution >= 4 is 29.9 Å². The SMILES string of the molecule is CCC(CC)(CN)C(=O)N(C)CC(=O)Nc1c(C)cccc1C.Cl. The Morgan fingerprint density at radius 2 is 1.67 bits per heavy atom. The second kappa shape index (κ2) is 9.64. The van der Waals surface area contributed by atoms with Gasteiger partial charge in [0.1, 0.15) is 0 Å². The molecule has 24 heavy (non-hydrogen) atoms. The molecule has 0 saturated heterocycles. The molecule has 0 radical (unpaired) electrons. The summed E-state index contributed by atoms with van der Waals surface area (Å²) in [5, 5.41) is 2.91. The third-order valence-corrected chi connectivity index (χ3v) is 4.67. The number of hydrogen-bond donors (Lipinski definition) is 2. The number of halogens is 1. The van der Waals surface area contributed by atoms with E-state index in [9.17, 15) is 9.59 Å². The Bertz CT molecular complexity index is 543. The summed E-state index contributed by atoms with van der Waals surface area (Å²) in [5.74, 6) is -0.266. The number of carbonyl (C=O) groups is 2. The van der Waals surface area contributed by atoms with Crippen LogP contribution in [0.3, 0.4) is 0 Å². The molecule has 6 heteroatoms. The van der Waals surface area contributed by atoms with Crippen molar-refractivity contribution in [2.45, 2.75) is 40.5 Å². The van der Waals surface area contributed by atoms with E-state index in [1.54, 1.807) is 7.05 Å². The largest absolute Gasteiger partial charge is 0.336 e. The van der Waals surface area contributed by atoms with E-state index in [1.165, 1.54) is 4.90 Å². The summed E-state index contributed by atoms with van der Waals surface area (Å²) in [6, 6.07) is 5.85. The minimum Gasteiger partial charge on any atom is -0.336 e. The number of amides is 2. The van der Waals surface area contributed by atoms with Crippen LogP contribution in [0.15, 0.2) is 18.2 Å². The maximum atomic E-state index is 12.6. The molecule has 0 atom stereocenters. The average molecular weight is 356 g/mol. The third kappa shape index (κ3) is 4.95. The monoisotopic (exact) mass is 355 g/mol. The van der Waals surface area contributed by atoms with Gasteiger partial charge in [0.05, 0.1) is 12.0 Å². The first-order valence-corrected chi connectivity index (χ1v) is 8.13. The van der Waals surface area contributed by atoms with E-state index in [2.05, 4.69) is 5.32 Å². The van der Waals surface area contributed by atoms with Crippen molar-refractivity contribution < 1.29 is 9.59 Å². The fraction of sp³-hybridized carbons (Fsp3) is 0.556. The molecule has 0 aliphatic heterocycles. The van der Waals surface area contributed by atoms with Crippen LogP contribution >= 0.6 is 12.4 Å². The second-order valence-corrected chi connectivity index (χ2v) is 6.17. The fourth-order valence-corrected chi connectivity index (χ4v) is 2.81. The number of nitrogens with zero attached hydrogens (tertiary/aromatic N) is 1. The van der Waals surface area contributed by atoms with Crippen LogP contribution in [-0.2, 0) is 9.59 Å². The molecule has 3 N–H and O–H groups in total. The van der Waals surface area contributed by atoms with Crippen molar-refractivity contribution in [1.29, 1.82) is 0 Å². The molecule has 0 aliphatic carbocycles. The zero-order valence-corrected chi connectivity index (χ0v) is 16.1. The molecule has 1 aromatic rings. The molecule has 0 bridgehead atoms. The average Bonchev–Trinajstić information content (AvgIpc) is 2.53. The summed E-state index contributed by atoms with van der Waals surface area (Å²) in [6.07, 6.45) is 1.34. The predicted octanol–water partition coefficient (Wildman–Crippen LogP) is 2.89. The Hall–Kier alpha value is -1.59. The molecule has 1 aromatic carbocycles. The van der Waals surface area contributed by atoms with Gasteiger partial charge in [0.25, 0.3) is 0 Å². The maximum absolute atomic E-state index is 12.6. The van der Waals surface area contributed by atoms with Crippen LogP contribution in [0.4, 0.5) is 5.69 Å². The van der Waals surface area contributed by atoms with Crippen LogP contribution in [0.25, 0.3) is 0 Å². The summed E-state index contributed by atoms with van der Waals surface area (Å²) < 4.78 is 0. The smallest absolute Gasteiger partial charge is 0.243 e. The topological polar surface area (TPSA) is 75.4 Å². The minimum atomic E-state index is -0.576. The van der Waals surface area contributed by atoms with E-state index >= 15 is 0 Å². The highest BCUT2D eigenvalue weighted by atomic mass is 35.5. The number of para-hydroxylation sites is 1. The highest BCUT2D eigenvalue weighted by molar-refractivity contribution is 5.96. The molecule has 0 spiro atoms. The lowest BCUT2D eigenvalue weighted by Crippen LogP contribution is -2.48. The van der Waals surface area contributed by atoms with Gasteiger partial charge >= 0.3 is 0 Å². The number of carbonyl (C=O) groups excluding carboxylic acids is 2.